The van der Waals surface area contributed by atoms with Gasteiger partial charge in [0.25, 0.3) is 0 Å². The first kappa shape index (κ1) is 10.3. The summed E-state index contributed by atoms with van der Waals surface area (Å²) < 4.78 is 1.43. The zero-order chi connectivity index (χ0) is 7.56. The van der Waals surface area contributed by atoms with Gasteiger partial charge in [0.05, 0.1) is 12.6 Å². The number of nitrogens with zero attached hydrogens (tertiary/aromatic N) is 4. The van der Waals surface area contributed by atoms with Gasteiger partial charge in [0.15, 0.2) is 5.82 Å². The van der Waals surface area contributed by atoms with E-state index < -0.39 is 6.04 Å². The normalized spacial score (nSPS) is 12.3. The number of aliphatic hydroxyl groups excluding tert-OH is 1. The molecule has 0 radical (unpaired) electrons. The van der Waals surface area contributed by atoms with Crippen LogP contribution in [0.3, 0.4) is 0 Å². The molecule has 0 aliphatic carbocycles. The van der Waals surface area contributed by atoms with Crippen LogP contribution in [-0.4, -0.2) is 31.9 Å². The van der Waals surface area contributed by atoms with Crippen LogP contribution < -0.4 is 5.73 Å². The Balaban J connectivity index is 0.000001000. The van der Waals surface area contributed by atoms with Gasteiger partial charge in [-0.25, -0.2) is 4.68 Å². The monoisotopic (exact) mass is 179 g/mol. The fraction of sp³-hybridized carbons (Fsp3) is 0.750. The van der Waals surface area contributed by atoms with Crippen molar-refractivity contribution in [2.45, 2.75) is 6.04 Å². The van der Waals surface area contributed by atoms with Gasteiger partial charge < -0.3 is 10.8 Å². The van der Waals surface area contributed by atoms with Crippen LogP contribution in [0.5, 0.6) is 0 Å². The van der Waals surface area contributed by atoms with Crippen molar-refractivity contribution in [3.8, 4) is 0 Å². The zero-order valence-corrected chi connectivity index (χ0v) is 6.82. The molecule has 0 spiro atoms. The van der Waals surface area contributed by atoms with Gasteiger partial charge in [-0.3, -0.25) is 0 Å². The van der Waals surface area contributed by atoms with Crippen LogP contribution in [-0.2, 0) is 7.05 Å². The average Bonchev–Trinajstić information content (AvgIpc) is 2.34. The summed E-state index contributed by atoms with van der Waals surface area (Å²) in [6.45, 7) is -0.145. The molecule has 1 atom stereocenters. The van der Waals surface area contributed by atoms with E-state index in [0.29, 0.717) is 5.82 Å². The maximum absolute atomic E-state index is 8.60. The first-order valence-corrected chi connectivity index (χ1v) is 2.84. The number of aromatic nitrogens is 4. The minimum absolute atomic E-state index is 0. The quantitative estimate of drug-likeness (QED) is 0.585. The summed E-state index contributed by atoms with van der Waals surface area (Å²) in [6.07, 6.45) is 0. The fourth-order valence-corrected chi connectivity index (χ4v) is 0.632. The highest BCUT2D eigenvalue weighted by molar-refractivity contribution is 5.85. The number of aliphatic hydroxyl groups is 1. The summed E-state index contributed by atoms with van der Waals surface area (Å²) >= 11 is 0. The van der Waals surface area contributed by atoms with Crippen LogP contribution in [0.2, 0.25) is 0 Å². The maximum Gasteiger partial charge on any atom is 0.170 e. The summed E-state index contributed by atoms with van der Waals surface area (Å²) in [5, 5.41) is 19.1. The summed E-state index contributed by atoms with van der Waals surface area (Å²) in [5.41, 5.74) is 5.43. The second-order valence-electron chi connectivity index (χ2n) is 1.95. The van der Waals surface area contributed by atoms with Gasteiger partial charge in [0.1, 0.15) is 0 Å². The number of rotatable bonds is 2. The lowest BCUT2D eigenvalue weighted by molar-refractivity contribution is 0.260. The molecule has 6 nitrogen and oxygen atoms in total. The minimum atomic E-state index is -0.486. The summed E-state index contributed by atoms with van der Waals surface area (Å²) in [4.78, 5) is 0. The highest BCUT2D eigenvalue weighted by Gasteiger charge is 2.10. The SMILES string of the molecule is Cl.Cn1nnnc1[C@@H](N)CO. The second kappa shape index (κ2) is 4.22. The average molecular weight is 180 g/mol. The van der Waals surface area contributed by atoms with E-state index in [1.807, 2.05) is 0 Å². The van der Waals surface area contributed by atoms with E-state index in [1.54, 1.807) is 7.05 Å². The summed E-state index contributed by atoms with van der Waals surface area (Å²) in [5.74, 6) is 0.488. The zero-order valence-electron chi connectivity index (χ0n) is 6.01. The molecular formula is C4H10ClN5O. The third kappa shape index (κ3) is 2.11. The van der Waals surface area contributed by atoms with Crippen LogP contribution in [0, 0.1) is 0 Å². The van der Waals surface area contributed by atoms with Crippen LogP contribution in [0.1, 0.15) is 11.9 Å². The molecule has 0 amide bonds. The lowest BCUT2D eigenvalue weighted by Gasteiger charge is -2.03. The molecule has 0 aliphatic rings. The van der Waals surface area contributed by atoms with Gasteiger partial charge in [-0.2, -0.15) is 0 Å². The highest BCUT2D eigenvalue weighted by atomic mass is 35.5. The number of nitrogens with two attached hydrogens (primary N) is 1. The van der Waals surface area contributed by atoms with Crippen molar-refractivity contribution in [1.29, 1.82) is 0 Å². The highest BCUT2D eigenvalue weighted by Crippen LogP contribution is 2.00. The molecule has 1 aromatic heterocycles. The molecule has 0 saturated carbocycles. The molecule has 3 N–H and O–H groups in total. The molecule has 7 heteroatoms. The van der Waals surface area contributed by atoms with Gasteiger partial charge in [0.2, 0.25) is 0 Å². The van der Waals surface area contributed by atoms with E-state index in [-0.39, 0.29) is 19.0 Å². The van der Waals surface area contributed by atoms with E-state index in [4.69, 9.17) is 10.8 Å². The third-order valence-electron chi connectivity index (χ3n) is 1.18. The Labute approximate surface area is 69.8 Å². The molecule has 0 aliphatic heterocycles. The Hall–Kier alpha value is -0.720. The van der Waals surface area contributed by atoms with E-state index in [0.717, 1.165) is 0 Å². The predicted octanol–water partition coefficient (Wildman–Crippen LogP) is -1.38. The van der Waals surface area contributed by atoms with Crippen LogP contribution in [0.25, 0.3) is 0 Å². The van der Waals surface area contributed by atoms with Crippen molar-refractivity contribution in [3.05, 3.63) is 5.82 Å². The number of aryl methyl sites for hydroxylation is 1. The molecule has 0 bridgehead atoms. The second-order valence-corrected chi connectivity index (χ2v) is 1.95. The van der Waals surface area contributed by atoms with Crippen molar-refractivity contribution >= 4 is 12.4 Å². The third-order valence-corrected chi connectivity index (χ3v) is 1.18. The van der Waals surface area contributed by atoms with Crippen molar-refractivity contribution in [2.75, 3.05) is 6.61 Å². The van der Waals surface area contributed by atoms with Gasteiger partial charge in [-0.1, -0.05) is 0 Å². The molecule has 0 fully saturated rings. The molecule has 0 unspecified atom stereocenters. The number of halogens is 1. The summed E-state index contributed by atoms with van der Waals surface area (Å²) in [6, 6.07) is -0.486. The molecule has 11 heavy (non-hydrogen) atoms. The van der Waals surface area contributed by atoms with E-state index >= 15 is 0 Å². The van der Waals surface area contributed by atoms with Crippen molar-refractivity contribution in [2.24, 2.45) is 12.8 Å². The number of tetrazole rings is 1. The molecule has 0 aromatic carbocycles. The fourth-order valence-electron chi connectivity index (χ4n) is 0.632. The molecule has 1 heterocycles. The summed E-state index contributed by atoms with van der Waals surface area (Å²) in [7, 11) is 1.67. The van der Waals surface area contributed by atoms with Crippen molar-refractivity contribution < 1.29 is 5.11 Å². The number of hydrogen-bond acceptors (Lipinski definition) is 5. The lowest BCUT2D eigenvalue weighted by Crippen LogP contribution is -2.19. The minimum Gasteiger partial charge on any atom is -0.394 e. The smallest absolute Gasteiger partial charge is 0.170 e. The topological polar surface area (TPSA) is 89.9 Å². The van der Waals surface area contributed by atoms with Crippen LogP contribution >= 0.6 is 12.4 Å². The molecule has 1 rings (SSSR count). The first-order chi connectivity index (χ1) is 4.75. The Morgan fingerprint density at radius 3 is 2.73 bits per heavy atom. The van der Waals surface area contributed by atoms with Crippen LogP contribution in [0.4, 0.5) is 0 Å². The molecular weight excluding hydrogens is 170 g/mol. The Bertz CT molecular complexity index is 214. The van der Waals surface area contributed by atoms with E-state index in [2.05, 4.69) is 15.5 Å². The Morgan fingerprint density at radius 1 is 1.73 bits per heavy atom. The molecule has 0 saturated heterocycles. The molecule has 1 aromatic rings. The van der Waals surface area contributed by atoms with E-state index in [9.17, 15) is 0 Å². The Kier molecular flexibility index (Phi) is 3.94. The Morgan fingerprint density at radius 2 is 2.36 bits per heavy atom. The number of hydrogen-bond donors (Lipinski definition) is 2. The van der Waals surface area contributed by atoms with Gasteiger partial charge in [0, 0.05) is 7.05 Å². The van der Waals surface area contributed by atoms with Crippen molar-refractivity contribution in [1.82, 2.24) is 20.2 Å². The largest absolute Gasteiger partial charge is 0.394 e. The molecule has 64 valence electrons. The van der Waals surface area contributed by atoms with Crippen molar-refractivity contribution in [3.63, 3.8) is 0 Å². The lowest BCUT2D eigenvalue weighted by atomic mass is 10.3. The van der Waals surface area contributed by atoms with Gasteiger partial charge in [-0.15, -0.1) is 17.5 Å². The maximum atomic E-state index is 8.60. The predicted molar refractivity (Wildman–Crippen MR) is 40.1 cm³/mol. The van der Waals surface area contributed by atoms with Crippen LogP contribution in [0.15, 0.2) is 0 Å². The van der Waals surface area contributed by atoms with E-state index in [1.165, 1.54) is 4.68 Å². The van der Waals surface area contributed by atoms with Gasteiger partial charge >= 0.3 is 0 Å². The standard InChI is InChI=1S/C4H9N5O.ClH/c1-9-4(3(5)2-10)6-7-8-9;/h3,10H,2,5H2,1H3;1H/t3-;/m0./s1. The first-order valence-electron chi connectivity index (χ1n) is 2.84. The van der Waals surface area contributed by atoms with Gasteiger partial charge in [-0.05, 0) is 10.4 Å².